The predicted molar refractivity (Wildman–Crippen MR) is 117 cm³/mol. The minimum absolute atomic E-state index is 0.196. The fourth-order valence-corrected chi connectivity index (χ4v) is 3.07. The lowest BCUT2D eigenvalue weighted by Crippen LogP contribution is -2.15. The van der Waals surface area contributed by atoms with E-state index in [9.17, 15) is 14.5 Å². The second kappa shape index (κ2) is 13.7. The maximum Gasteiger partial charge on any atom is 0.695 e. The van der Waals surface area contributed by atoms with E-state index in [1.54, 1.807) is 0 Å². The zero-order chi connectivity index (χ0) is 23.6. The zero-order valence-electron chi connectivity index (χ0n) is 18.2. The van der Waals surface area contributed by atoms with Gasteiger partial charge in [-0.2, -0.15) is 0 Å². The van der Waals surface area contributed by atoms with E-state index in [0.717, 1.165) is 35.1 Å². The molecule has 0 saturated heterocycles. The third-order valence-corrected chi connectivity index (χ3v) is 5.42. The number of phenols is 1. The molecule has 1 aromatic carbocycles. The molecule has 168 valence electrons. The Kier molecular flexibility index (Phi) is 13.0. The Hall–Kier alpha value is -1.53. The third-order valence-electron chi connectivity index (χ3n) is 4.92. The molecule has 0 saturated carbocycles. The first-order valence-electron chi connectivity index (χ1n) is 9.62. The molecule has 4 atom stereocenters. The molecule has 0 aromatic heterocycles. The second-order valence-electron chi connectivity index (χ2n) is 7.09. The van der Waals surface area contributed by atoms with Crippen LogP contribution in [0.2, 0.25) is 0 Å². The van der Waals surface area contributed by atoms with Crippen molar-refractivity contribution in [3.63, 3.8) is 0 Å². The van der Waals surface area contributed by atoms with Gasteiger partial charge in [-0.25, -0.2) is 0 Å². The van der Waals surface area contributed by atoms with Gasteiger partial charge in [-0.1, -0.05) is 27.7 Å². The summed E-state index contributed by atoms with van der Waals surface area (Å²) in [6.07, 6.45) is 2.23. The van der Waals surface area contributed by atoms with Crippen molar-refractivity contribution in [2.75, 3.05) is 0 Å². The molecule has 4 unspecified atom stereocenters. The van der Waals surface area contributed by atoms with Crippen molar-refractivity contribution in [2.45, 2.75) is 72.3 Å². The molecule has 0 fully saturated rings. The predicted octanol–water partition coefficient (Wildman–Crippen LogP) is 5.07. The molecule has 0 aliphatic heterocycles. The summed E-state index contributed by atoms with van der Waals surface area (Å²) in [6, 6.07) is 3.85. The minimum atomic E-state index is -2.87. The Balaban J connectivity index is 0.00000192. The molecule has 0 aliphatic carbocycles. The van der Waals surface area contributed by atoms with Gasteiger partial charge in [-0.15, -0.1) is 19.2 Å². The number of hydrogen-bond acceptors (Lipinski definition) is 5. The van der Waals surface area contributed by atoms with Crippen LogP contribution in [0.25, 0.3) is 5.57 Å². The summed E-state index contributed by atoms with van der Waals surface area (Å²) < 4.78 is 24.1. The standard InChI is InChI=1S/C20H29O5P.HO3P/c1-7-12(3)17-10-16(11-18(20(17)22)13(4)8-2)14(5)9-19(21)15(6)25-26(23)24;1-4(2)3/h9-13,15H,7-8H2,1-6H3,(H-,21,22,23,24);(H-,1,2,3)/p+2. The van der Waals surface area contributed by atoms with Crippen LogP contribution in [-0.2, 0) is 18.4 Å². The molecule has 0 spiro atoms. The van der Waals surface area contributed by atoms with E-state index < -0.39 is 22.6 Å². The molecule has 0 bridgehead atoms. The number of carbonyl (C=O) groups is 1. The molecule has 0 radical (unpaired) electrons. The number of aromatic hydroxyl groups is 1. The number of carbonyl (C=O) groups excluding carboxylic acids is 1. The maximum absolute atomic E-state index is 12.2. The molecular formula is C20H32O8P2+2. The van der Waals surface area contributed by atoms with E-state index in [1.165, 1.54) is 13.0 Å². The molecule has 0 aliphatic rings. The molecule has 0 amide bonds. The number of rotatable bonds is 9. The summed E-state index contributed by atoms with van der Waals surface area (Å²) in [5.74, 6) is 0.359. The summed E-state index contributed by atoms with van der Waals surface area (Å²) in [6.45, 7) is 11.5. The van der Waals surface area contributed by atoms with Gasteiger partial charge in [-0.05, 0) is 79.0 Å². The first kappa shape index (κ1) is 28.5. The van der Waals surface area contributed by atoms with Crippen molar-refractivity contribution in [3.05, 3.63) is 34.9 Å². The second-order valence-corrected chi connectivity index (χ2v) is 8.28. The maximum atomic E-state index is 12.2. The summed E-state index contributed by atoms with van der Waals surface area (Å²) >= 11 is 0. The van der Waals surface area contributed by atoms with Gasteiger partial charge in [0.2, 0.25) is 0 Å². The first-order chi connectivity index (χ1) is 13.8. The molecule has 1 rings (SSSR count). The highest BCUT2D eigenvalue weighted by Gasteiger charge is 2.24. The third kappa shape index (κ3) is 9.52. The number of hydrogen-bond donors (Lipinski definition) is 4. The van der Waals surface area contributed by atoms with Gasteiger partial charge in [0.25, 0.3) is 0 Å². The summed E-state index contributed by atoms with van der Waals surface area (Å²) in [5.41, 5.74) is 3.35. The Labute approximate surface area is 179 Å². The Morgan fingerprint density at radius 3 is 1.77 bits per heavy atom. The molecular weight excluding hydrogens is 430 g/mol. The topological polar surface area (TPSA) is 141 Å². The van der Waals surface area contributed by atoms with Crippen molar-refractivity contribution >= 4 is 27.9 Å². The van der Waals surface area contributed by atoms with Crippen LogP contribution in [0.1, 0.15) is 82.9 Å². The van der Waals surface area contributed by atoms with E-state index >= 15 is 0 Å². The summed E-state index contributed by atoms with van der Waals surface area (Å²) in [5, 5.41) is 10.7. The van der Waals surface area contributed by atoms with Crippen LogP contribution < -0.4 is 0 Å². The fourth-order valence-electron chi connectivity index (χ4n) is 2.70. The molecule has 4 N–H and O–H groups in total. The van der Waals surface area contributed by atoms with Gasteiger partial charge in [-0.3, -0.25) is 4.79 Å². The first-order valence-corrected chi connectivity index (χ1v) is 11.9. The quantitative estimate of drug-likeness (QED) is 0.294. The lowest BCUT2D eigenvalue weighted by atomic mass is 9.86. The van der Waals surface area contributed by atoms with E-state index in [0.29, 0.717) is 5.75 Å². The van der Waals surface area contributed by atoms with Gasteiger partial charge in [0.05, 0.1) is 0 Å². The Bertz CT molecular complexity index is 756. The van der Waals surface area contributed by atoms with Crippen LogP contribution in [0.5, 0.6) is 5.75 Å². The monoisotopic (exact) mass is 462 g/mol. The zero-order valence-corrected chi connectivity index (χ0v) is 20.0. The molecule has 1 aromatic rings. The Morgan fingerprint density at radius 2 is 1.43 bits per heavy atom. The normalized spacial score (nSPS) is 14.8. The fraction of sp³-hybridized carbons (Fsp3) is 0.550. The van der Waals surface area contributed by atoms with Crippen molar-refractivity contribution in [1.82, 2.24) is 0 Å². The summed E-state index contributed by atoms with van der Waals surface area (Å²) in [4.78, 5) is 35.2. The SMILES string of the molecule is CCC(C)c1cc(C(C)=CC(=O)C(C)O[P+](=O)O)cc(C(C)CC)c1O.O=[P+](O)O. The largest absolute Gasteiger partial charge is 0.695 e. The number of allylic oxidation sites excluding steroid dienone is 1. The molecule has 30 heavy (non-hydrogen) atoms. The van der Waals surface area contributed by atoms with Crippen molar-refractivity contribution in [2.24, 2.45) is 0 Å². The van der Waals surface area contributed by atoms with Crippen LogP contribution in [0.3, 0.4) is 0 Å². The van der Waals surface area contributed by atoms with Crippen LogP contribution in [0.4, 0.5) is 0 Å². The Morgan fingerprint density at radius 1 is 1.03 bits per heavy atom. The van der Waals surface area contributed by atoms with Crippen LogP contribution >= 0.6 is 16.5 Å². The number of benzene rings is 1. The molecule has 8 nitrogen and oxygen atoms in total. The lowest BCUT2D eigenvalue weighted by Gasteiger charge is -2.20. The number of phenolic OH excluding ortho intramolecular Hbond substituents is 1. The van der Waals surface area contributed by atoms with E-state index in [-0.39, 0.29) is 17.6 Å². The van der Waals surface area contributed by atoms with Crippen LogP contribution in [0, 0.1) is 0 Å². The number of ketones is 1. The average molecular weight is 462 g/mol. The highest BCUT2D eigenvalue weighted by molar-refractivity contribution is 7.32. The minimum Gasteiger partial charge on any atom is -0.507 e. The average Bonchev–Trinajstić information content (AvgIpc) is 2.65. The van der Waals surface area contributed by atoms with E-state index in [4.69, 9.17) is 19.2 Å². The van der Waals surface area contributed by atoms with Crippen LogP contribution in [0.15, 0.2) is 18.2 Å². The van der Waals surface area contributed by atoms with Crippen molar-refractivity contribution < 1.29 is 38.2 Å². The van der Waals surface area contributed by atoms with Gasteiger partial charge < -0.3 is 5.11 Å². The van der Waals surface area contributed by atoms with Crippen LogP contribution in [-0.4, -0.2) is 31.7 Å². The van der Waals surface area contributed by atoms with Gasteiger partial charge in [0.15, 0.2) is 11.9 Å². The van der Waals surface area contributed by atoms with Gasteiger partial charge in [0.1, 0.15) is 5.75 Å². The van der Waals surface area contributed by atoms with E-state index in [1.807, 2.05) is 19.1 Å². The molecule has 0 heterocycles. The molecule has 10 heteroatoms. The van der Waals surface area contributed by atoms with Gasteiger partial charge in [0, 0.05) is 9.13 Å². The lowest BCUT2D eigenvalue weighted by molar-refractivity contribution is -0.120. The van der Waals surface area contributed by atoms with Crippen molar-refractivity contribution in [3.8, 4) is 5.75 Å². The van der Waals surface area contributed by atoms with Crippen molar-refractivity contribution in [1.29, 1.82) is 0 Å². The smallest absolute Gasteiger partial charge is 0.507 e. The highest BCUT2D eigenvalue weighted by atomic mass is 31.1. The summed E-state index contributed by atoms with van der Waals surface area (Å²) in [7, 11) is -5.69. The van der Waals surface area contributed by atoms with E-state index in [2.05, 4.69) is 32.2 Å². The van der Waals surface area contributed by atoms with Gasteiger partial charge >= 0.3 is 16.5 Å². The highest BCUT2D eigenvalue weighted by Crippen LogP contribution is 2.38.